The van der Waals surface area contributed by atoms with Crippen LogP contribution in [-0.2, 0) is 9.59 Å². The van der Waals surface area contributed by atoms with Gasteiger partial charge in [0.2, 0.25) is 0 Å². The molecule has 0 saturated heterocycles. The SMILES string of the molecule is CCCCCN(C)C(=O)C(NC)C(=O)O. The van der Waals surface area contributed by atoms with Crippen LogP contribution in [0.1, 0.15) is 26.2 Å². The largest absolute Gasteiger partial charge is 0.480 e. The topological polar surface area (TPSA) is 69.6 Å². The lowest BCUT2D eigenvalue weighted by Crippen LogP contribution is -2.48. The van der Waals surface area contributed by atoms with Crippen LogP contribution in [0.15, 0.2) is 0 Å². The van der Waals surface area contributed by atoms with Crippen LogP contribution < -0.4 is 5.32 Å². The third-order valence-corrected chi connectivity index (χ3v) is 2.26. The van der Waals surface area contributed by atoms with Gasteiger partial charge in [0.05, 0.1) is 0 Å². The normalized spacial score (nSPS) is 12.2. The Balaban J connectivity index is 4.11. The summed E-state index contributed by atoms with van der Waals surface area (Å²) in [7, 11) is 3.10. The Morgan fingerprint density at radius 3 is 2.40 bits per heavy atom. The highest BCUT2D eigenvalue weighted by Crippen LogP contribution is 1.99. The monoisotopic (exact) mass is 216 g/mol. The first-order valence-corrected chi connectivity index (χ1v) is 5.19. The summed E-state index contributed by atoms with van der Waals surface area (Å²) in [6.07, 6.45) is 3.04. The van der Waals surface area contributed by atoms with Crippen molar-refractivity contribution in [1.82, 2.24) is 10.2 Å². The molecule has 0 spiro atoms. The Bertz CT molecular complexity index is 219. The first-order valence-electron chi connectivity index (χ1n) is 5.19. The first kappa shape index (κ1) is 13.9. The predicted octanol–water partition coefficient (Wildman–Crippen LogP) is 0.308. The lowest BCUT2D eigenvalue weighted by Gasteiger charge is -2.20. The zero-order valence-electron chi connectivity index (χ0n) is 9.62. The molecule has 0 aromatic carbocycles. The third kappa shape index (κ3) is 4.78. The number of nitrogens with one attached hydrogen (secondary N) is 1. The number of likely N-dealkylation sites (N-methyl/N-ethyl adjacent to an activating group) is 2. The van der Waals surface area contributed by atoms with Crippen molar-refractivity contribution in [1.29, 1.82) is 0 Å². The molecular weight excluding hydrogens is 196 g/mol. The number of rotatable bonds is 7. The summed E-state index contributed by atoms with van der Waals surface area (Å²) >= 11 is 0. The van der Waals surface area contributed by atoms with E-state index in [1.807, 2.05) is 0 Å². The fourth-order valence-corrected chi connectivity index (χ4v) is 1.28. The molecule has 5 heteroatoms. The van der Waals surface area contributed by atoms with Crippen molar-refractivity contribution in [2.75, 3.05) is 20.6 Å². The quantitative estimate of drug-likeness (QED) is 0.474. The van der Waals surface area contributed by atoms with Gasteiger partial charge in [0.1, 0.15) is 0 Å². The number of carbonyl (C=O) groups is 2. The van der Waals surface area contributed by atoms with Gasteiger partial charge in [-0.2, -0.15) is 0 Å². The Kier molecular flexibility index (Phi) is 6.70. The zero-order valence-corrected chi connectivity index (χ0v) is 9.62. The van der Waals surface area contributed by atoms with Crippen LogP contribution in [0, 0.1) is 0 Å². The van der Waals surface area contributed by atoms with Gasteiger partial charge in [-0.3, -0.25) is 10.1 Å². The van der Waals surface area contributed by atoms with Crippen LogP contribution in [0.3, 0.4) is 0 Å². The van der Waals surface area contributed by atoms with Crippen molar-refractivity contribution in [3.63, 3.8) is 0 Å². The Hall–Kier alpha value is -1.10. The maximum Gasteiger partial charge on any atom is 0.330 e. The van der Waals surface area contributed by atoms with E-state index in [9.17, 15) is 9.59 Å². The molecule has 0 saturated carbocycles. The maximum absolute atomic E-state index is 11.6. The minimum absolute atomic E-state index is 0.388. The molecule has 1 unspecified atom stereocenters. The summed E-state index contributed by atoms with van der Waals surface area (Å²) in [4.78, 5) is 23.8. The molecule has 0 bridgehead atoms. The number of hydrogen-bond donors (Lipinski definition) is 2. The van der Waals surface area contributed by atoms with E-state index in [0.29, 0.717) is 6.54 Å². The molecule has 0 aliphatic heterocycles. The van der Waals surface area contributed by atoms with Gasteiger partial charge >= 0.3 is 5.97 Å². The van der Waals surface area contributed by atoms with Crippen LogP contribution >= 0.6 is 0 Å². The molecule has 88 valence electrons. The molecule has 1 amide bonds. The fourth-order valence-electron chi connectivity index (χ4n) is 1.28. The molecule has 2 N–H and O–H groups in total. The number of unbranched alkanes of at least 4 members (excludes halogenated alkanes) is 2. The molecular formula is C10H20N2O3. The van der Waals surface area contributed by atoms with Gasteiger partial charge in [-0.1, -0.05) is 19.8 Å². The summed E-state index contributed by atoms with van der Waals surface area (Å²) in [6.45, 7) is 2.69. The van der Waals surface area contributed by atoms with Gasteiger partial charge in [0.25, 0.3) is 5.91 Å². The number of nitrogens with zero attached hydrogens (tertiary/aromatic N) is 1. The molecule has 0 radical (unpaired) electrons. The van der Waals surface area contributed by atoms with E-state index in [-0.39, 0.29) is 5.91 Å². The van der Waals surface area contributed by atoms with Crippen molar-refractivity contribution in [2.45, 2.75) is 32.2 Å². The molecule has 0 rings (SSSR count). The van der Waals surface area contributed by atoms with Crippen LogP contribution in [0.25, 0.3) is 0 Å². The highest BCUT2D eigenvalue weighted by molar-refractivity contribution is 6.00. The van der Waals surface area contributed by atoms with Crippen molar-refractivity contribution in [3.05, 3.63) is 0 Å². The Morgan fingerprint density at radius 2 is 2.00 bits per heavy atom. The number of carboxylic acid groups (broad SMARTS) is 1. The second kappa shape index (κ2) is 7.23. The average molecular weight is 216 g/mol. The highest BCUT2D eigenvalue weighted by Gasteiger charge is 2.26. The predicted molar refractivity (Wildman–Crippen MR) is 57.6 cm³/mol. The molecule has 0 aliphatic rings. The van der Waals surface area contributed by atoms with E-state index in [1.54, 1.807) is 7.05 Å². The fraction of sp³-hybridized carbons (Fsp3) is 0.800. The second-order valence-electron chi connectivity index (χ2n) is 3.53. The minimum atomic E-state index is -1.13. The van der Waals surface area contributed by atoms with Crippen LogP contribution in [0.5, 0.6) is 0 Å². The van der Waals surface area contributed by atoms with Gasteiger partial charge in [-0.15, -0.1) is 0 Å². The van der Waals surface area contributed by atoms with E-state index in [2.05, 4.69) is 12.2 Å². The molecule has 0 aromatic heterocycles. The second-order valence-corrected chi connectivity index (χ2v) is 3.53. The van der Waals surface area contributed by atoms with Crippen molar-refractivity contribution in [3.8, 4) is 0 Å². The van der Waals surface area contributed by atoms with Crippen LogP contribution in [0.2, 0.25) is 0 Å². The first-order chi connectivity index (χ1) is 7.04. The molecule has 5 nitrogen and oxygen atoms in total. The zero-order chi connectivity index (χ0) is 11.8. The summed E-state index contributed by atoms with van der Waals surface area (Å²) < 4.78 is 0. The van der Waals surface area contributed by atoms with Gasteiger partial charge in [-0.25, -0.2) is 4.79 Å². The molecule has 0 aromatic rings. The molecule has 15 heavy (non-hydrogen) atoms. The van der Waals surface area contributed by atoms with Crippen molar-refractivity contribution < 1.29 is 14.7 Å². The summed E-state index contributed by atoms with van der Waals surface area (Å²) in [5.74, 6) is -1.52. The lowest BCUT2D eigenvalue weighted by molar-refractivity contribution is -0.147. The number of hydrogen-bond acceptors (Lipinski definition) is 3. The number of aliphatic carboxylic acids is 1. The summed E-state index contributed by atoms with van der Waals surface area (Å²) in [5, 5.41) is 11.2. The Morgan fingerprint density at radius 1 is 1.40 bits per heavy atom. The maximum atomic E-state index is 11.6. The van der Waals surface area contributed by atoms with Crippen molar-refractivity contribution >= 4 is 11.9 Å². The molecule has 0 fully saturated rings. The lowest BCUT2D eigenvalue weighted by atomic mass is 10.2. The standard InChI is InChI=1S/C10H20N2O3/c1-4-5-6-7-12(3)9(13)8(11-2)10(14)15/h8,11H,4-7H2,1-3H3,(H,14,15). The van der Waals surface area contributed by atoms with E-state index < -0.39 is 12.0 Å². The summed E-state index contributed by atoms with van der Waals surface area (Å²) in [5.41, 5.74) is 0. The molecule has 0 aliphatic carbocycles. The van der Waals surface area contributed by atoms with E-state index >= 15 is 0 Å². The molecule has 1 atom stereocenters. The van der Waals surface area contributed by atoms with E-state index in [4.69, 9.17) is 5.11 Å². The van der Waals surface area contributed by atoms with Crippen molar-refractivity contribution in [2.24, 2.45) is 0 Å². The van der Waals surface area contributed by atoms with Gasteiger partial charge in [-0.05, 0) is 13.5 Å². The average Bonchev–Trinajstić information content (AvgIpc) is 2.18. The number of carboxylic acids is 1. The third-order valence-electron chi connectivity index (χ3n) is 2.26. The van der Waals surface area contributed by atoms with Gasteiger partial charge in [0.15, 0.2) is 6.04 Å². The van der Waals surface area contributed by atoms with E-state index in [1.165, 1.54) is 11.9 Å². The van der Waals surface area contributed by atoms with Gasteiger partial charge in [0, 0.05) is 13.6 Å². The minimum Gasteiger partial charge on any atom is -0.480 e. The van der Waals surface area contributed by atoms with Crippen LogP contribution in [-0.4, -0.2) is 48.6 Å². The van der Waals surface area contributed by atoms with Crippen LogP contribution in [0.4, 0.5) is 0 Å². The number of carbonyl (C=O) groups excluding carboxylic acids is 1. The highest BCUT2D eigenvalue weighted by atomic mass is 16.4. The number of amides is 1. The summed E-state index contributed by atoms with van der Waals surface area (Å²) in [6, 6.07) is -1.13. The molecule has 0 heterocycles. The van der Waals surface area contributed by atoms with Gasteiger partial charge < -0.3 is 10.0 Å². The van der Waals surface area contributed by atoms with E-state index in [0.717, 1.165) is 19.3 Å². The Labute approximate surface area is 90.5 Å². The smallest absolute Gasteiger partial charge is 0.330 e.